The van der Waals surface area contributed by atoms with Gasteiger partial charge in [-0.1, -0.05) is 0 Å². The quantitative estimate of drug-likeness (QED) is 0.667. The summed E-state index contributed by atoms with van der Waals surface area (Å²) in [6.45, 7) is 5.53. The zero-order valence-corrected chi connectivity index (χ0v) is 16.6. The molecule has 1 unspecified atom stereocenters. The van der Waals surface area contributed by atoms with Crippen molar-refractivity contribution in [3.63, 3.8) is 0 Å². The number of anilines is 1. The van der Waals surface area contributed by atoms with Gasteiger partial charge in [-0.2, -0.15) is 5.10 Å². The van der Waals surface area contributed by atoms with Gasteiger partial charge in [0, 0.05) is 30.1 Å². The molecule has 1 aliphatic rings. The largest absolute Gasteiger partial charge is 0.497 e. The van der Waals surface area contributed by atoms with Crippen molar-refractivity contribution >= 4 is 5.95 Å². The third-order valence-electron chi connectivity index (χ3n) is 5.21. The van der Waals surface area contributed by atoms with Crippen molar-refractivity contribution in [1.29, 1.82) is 0 Å². The van der Waals surface area contributed by atoms with E-state index in [-0.39, 0.29) is 0 Å². The van der Waals surface area contributed by atoms with Gasteiger partial charge < -0.3 is 18.8 Å². The lowest BCUT2D eigenvalue weighted by molar-refractivity contribution is 0.396. The van der Waals surface area contributed by atoms with E-state index in [1.54, 1.807) is 20.4 Å². The first-order chi connectivity index (χ1) is 13.6. The molecular weight excluding hydrogens is 356 g/mol. The van der Waals surface area contributed by atoms with E-state index in [1.165, 1.54) is 0 Å². The van der Waals surface area contributed by atoms with Crippen molar-refractivity contribution in [2.24, 2.45) is 0 Å². The van der Waals surface area contributed by atoms with Gasteiger partial charge in [-0.05, 0) is 44.5 Å². The third kappa shape index (κ3) is 3.40. The summed E-state index contributed by atoms with van der Waals surface area (Å²) >= 11 is 0. The van der Waals surface area contributed by atoms with Crippen LogP contribution in [0.1, 0.15) is 29.4 Å². The number of benzene rings is 1. The second kappa shape index (κ2) is 7.50. The molecule has 1 fully saturated rings. The normalized spacial score (nSPS) is 16.4. The molecule has 0 spiro atoms. The van der Waals surface area contributed by atoms with Gasteiger partial charge in [0.2, 0.25) is 5.95 Å². The van der Waals surface area contributed by atoms with Gasteiger partial charge in [0.25, 0.3) is 0 Å². The highest BCUT2D eigenvalue weighted by atomic mass is 16.5. The molecule has 1 aliphatic heterocycles. The maximum atomic E-state index is 5.63. The first-order valence-electron chi connectivity index (χ1n) is 9.33. The molecule has 1 atom stereocenters. The molecule has 0 amide bonds. The summed E-state index contributed by atoms with van der Waals surface area (Å²) in [5.41, 5.74) is 2.88. The number of ether oxygens (including phenoxy) is 2. The van der Waals surface area contributed by atoms with Crippen LogP contribution in [-0.2, 0) is 0 Å². The van der Waals surface area contributed by atoms with Crippen LogP contribution in [0.15, 0.2) is 34.9 Å². The first kappa shape index (κ1) is 18.3. The number of rotatable bonds is 5. The van der Waals surface area contributed by atoms with Gasteiger partial charge >= 0.3 is 0 Å². The van der Waals surface area contributed by atoms with E-state index in [9.17, 15) is 0 Å². The van der Waals surface area contributed by atoms with E-state index >= 15 is 0 Å². The van der Waals surface area contributed by atoms with Crippen LogP contribution in [-0.4, -0.2) is 42.5 Å². The van der Waals surface area contributed by atoms with Crippen molar-refractivity contribution in [1.82, 2.24) is 15.2 Å². The molecule has 0 N–H and O–H groups in total. The van der Waals surface area contributed by atoms with E-state index in [1.807, 2.05) is 32.0 Å². The lowest BCUT2D eigenvalue weighted by Crippen LogP contribution is -2.22. The van der Waals surface area contributed by atoms with Crippen LogP contribution in [0.4, 0.5) is 5.95 Å². The molecule has 3 aromatic rings. The molecule has 0 saturated carbocycles. The molecule has 0 aliphatic carbocycles. The van der Waals surface area contributed by atoms with Crippen LogP contribution in [0, 0.1) is 13.8 Å². The number of aryl methyl sites for hydroxylation is 2. The SMILES string of the molecule is COc1ccc(OC)c(C2CCN(c3nncc(-c4cc(C)oc4C)n3)C2)c1. The Labute approximate surface area is 164 Å². The lowest BCUT2D eigenvalue weighted by Gasteiger charge is -2.18. The molecule has 146 valence electrons. The van der Waals surface area contributed by atoms with Crippen molar-refractivity contribution in [2.75, 3.05) is 32.2 Å². The smallest absolute Gasteiger partial charge is 0.245 e. The Bertz CT molecular complexity index is 986. The fourth-order valence-corrected chi connectivity index (χ4v) is 3.80. The Morgan fingerprint density at radius 1 is 1.14 bits per heavy atom. The molecule has 28 heavy (non-hydrogen) atoms. The van der Waals surface area contributed by atoms with Crippen LogP contribution in [0.5, 0.6) is 11.5 Å². The number of methoxy groups -OCH3 is 2. The van der Waals surface area contributed by atoms with Gasteiger partial charge in [-0.3, -0.25) is 0 Å². The van der Waals surface area contributed by atoms with Crippen molar-refractivity contribution in [3.05, 3.63) is 47.5 Å². The second-order valence-corrected chi connectivity index (χ2v) is 7.01. The van der Waals surface area contributed by atoms with Crippen molar-refractivity contribution in [3.8, 4) is 22.8 Å². The zero-order chi connectivity index (χ0) is 19.7. The average Bonchev–Trinajstić information content (AvgIpc) is 3.34. The number of nitrogens with zero attached hydrogens (tertiary/aromatic N) is 4. The Kier molecular flexibility index (Phi) is 4.90. The van der Waals surface area contributed by atoms with Gasteiger partial charge in [0.05, 0.1) is 26.1 Å². The van der Waals surface area contributed by atoms with Crippen LogP contribution >= 0.6 is 0 Å². The van der Waals surface area contributed by atoms with E-state index in [0.717, 1.165) is 59.4 Å². The molecule has 7 nitrogen and oxygen atoms in total. The van der Waals surface area contributed by atoms with Crippen LogP contribution in [0.25, 0.3) is 11.3 Å². The Balaban J connectivity index is 1.58. The van der Waals surface area contributed by atoms with Gasteiger partial charge in [0.1, 0.15) is 23.0 Å². The second-order valence-electron chi connectivity index (χ2n) is 7.01. The maximum absolute atomic E-state index is 5.63. The summed E-state index contributed by atoms with van der Waals surface area (Å²) in [7, 11) is 3.38. The fourth-order valence-electron chi connectivity index (χ4n) is 3.80. The van der Waals surface area contributed by atoms with Crippen LogP contribution in [0.2, 0.25) is 0 Å². The predicted molar refractivity (Wildman–Crippen MR) is 106 cm³/mol. The summed E-state index contributed by atoms with van der Waals surface area (Å²) in [6, 6.07) is 7.91. The Morgan fingerprint density at radius 2 is 2.00 bits per heavy atom. The van der Waals surface area contributed by atoms with E-state index in [0.29, 0.717) is 11.9 Å². The average molecular weight is 380 g/mol. The van der Waals surface area contributed by atoms with Gasteiger partial charge in [-0.25, -0.2) is 4.98 Å². The van der Waals surface area contributed by atoms with Crippen LogP contribution < -0.4 is 14.4 Å². The number of aromatic nitrogens is 3. The third-order valence-corrected chi connectivity index (χ3v) is 5.21. The zero-order valence-electron chi connectivity index (χ0n) is 16.6. The summed E-state index contributed by atoms with van der Waals surface area (Å²) in [4.78, 5) is 6.91. The standard InChI is InChI=1S/C21H24N4O3/c1-13-9-17(14(2)28-13)19-11-22-24-21(23-19)25-8-7-15(12-25)18-10-16(26-3)5-6-20(18)27-4/h5-6,9-11,15H,7-8,12H2,1-4H3. The lowest BCUT2D eigenvalue weighted by atomic mass is 9.97. The summed E-state index contributed by atoms with van der Waals surface area (Å²) in [5.74, 6) is 4.36. The molecule has 3 heterocycles. The monoisotopic (exact) mass is 380 g/mol. The number of hydrogen-bond donors (Lipinski definition) is 0. The molecule has 2 aromatic heterocycles. The highest BCUT2D eigenvalue weighted by Crippen LogP contribution is 2.37. The molecule has 1 saturated heterocycles. The highest BCUT2D eigenvalue weighted by Gasteiger charge is 2.28. The summed E-state index contributed by atoms with van der Waals surface area (Å²) < 4.78 is 16.6. The fraction of sp³-hybridized carbons (Fsp3) is 0.381. The molecule has 4 rings (SSSR count). The number of hydrogen-bond acceptors (Lipinski definition) is 7. The minimum atomic E-state index is 0.315. The van der Waals surface area contributed by atoms with Crippen molar-refractivity contribution in [2.45, 2.75) is 26.2 Å². The summed E-state index contributed by atoms with van der Waals surface area (Å²) in [6.07, 6.45) is 2.67. The summed E-state index contributed by atoms with van der Waals surface area (Å²) in [5, 5.41) is 8.44. The predicted octanol–water partition coefficient (Wildman–Crippen LogP) is 3.76. The van der Waals surface area contributed by atoms with E-state index in [4.69, 9.17) is 18.9 Å². The van der Waals surface area contributed by atoms with E-state index < -0.39 is 0 Å². The molecule has 0 bridgehead atoms. The van der Waals surface area contributed by atoms with Gasteiger partial charge in [-0.15, -0.1) is 5.10 Å². The van der Waals surface area contributed by atoms with Gasteiger partial charge in [0.15, 0.2) is 0 Å². The Morgan fingerprint density at radius 3 is 2.71 bits per heavy atom. The maximum Gasteiger partial charge on any atom is 0.245 e. The molecular formula is C21H24N4O3. The minimum absolute atomic E-state index is 0.315. The Hall–Kier alpha value is -3.09. The van der Waals surface area contributed by atoms with E-state index in [2.05, 4.69) is 21.2 Å². The topological polar surface area (TPSA) is 73.5 Å². The van der Waals surface area contributed by atoms with Crippen molar-refractivity contribution < 1.29 is 13.9 Å². The van der Waals surface area contributed by atoms with Crippen LogP contribution in [0.3, 0.4) is 0 Å². The highest BCUT2D eigenvalue weighted by molar-refractivity contribution is 5.62. The number of furan rings is 1. The molecule has 7 heteroatoms. The first-order valence-corrected chi connectivity index (χ1v) is 9.33. The minimum Gasteiger partial charge on any atom is -0.497 e. The molecule has 0 radical (unpaired) electrons. The molecule has 1 aromatic carbocycles.